The molecule has 0 saturated heterocycles. The van der Waals surface area contributed by atoms with E-state index in [0.29, 0.717) is 21.8 Å². The molecule has 2 aromatic carbocycles. The summed E-state index contributed by atoms with van der Waals surface area (Å²) in [6.45, 7) is 1.93. The van der Waals surface area contributed by atoms with Crippen LogP contribution in [-0.4, -0.2) is 15.2 Å². The zero-order chi connectivity index (χ0) is 16.2. The number of halogens is 2. The van der Waals surface area contributed by atoms with Gasteiger partial charge in [0.2, 0.25) is 5.95 Å². The SMILES string of the molecule is Cc1c(Cl)cccc1Nc1cnnc(Nc2cccc(Cl)c2)n1. The second kappa shape index (κ2) is 6.81. The van der Waals surface area contributed by atoms with Gasteiger partial charge >= 0.3 is 0 Å². The van der Waals surface area contributed by atoms with E-state index in [1.807, 2.05) is 37.3 Å². The lowest BCUT2D eigenvalue weighted by molar-refractivity contribution is 0.982. The van der Waals surface area contributed by atoms with Crippen LogP contribution in [0.25, 0.3) is 0 Å². The summed E-state index contributed by atoms with van der Waals surface area (Å²) in [7, 11) is 0. The lowest BCUT2D eigenvalue weighted by atomic mass is 10.2. The second-order valence-corrected chi connectivity index (χ2v) is 5.68. The summed E-state index contributed by atoms with van der Waals surface area (Å²) >= 11 is 12.1. The Morgan fingerprint density at radius 3 is 2.65 bits per heavy atom. The monoisotopic (exact) mass is 345 g/mol. The van der Waals surface area contributed by atoms with Crippen molar-refractivity contribution in [2.24, 2.45) is 0 Å². The number of anilines is 4. The molecule has 3 rings (SSSR count). The third kappa shape index (κ3) is 3.88. The van der Waals surface area contributed by atoms with E-state index in [-0.39, 0.29) is 0 Å². The Bertz CT molecular complexity index is 838. The van der Waals surface area contributed by atoms with Crippen molar-refractivity contribution in [1.82, 2.24) is 15.2 Å². The van der Waals surface area contributed by atoms with Crippen molar-refractivity contribution in [2.75, 3.05) is 10.6 Å². The summed E-state index contributed by atoms with van der Waals surface area (Å²) in [5, 5.41) is 15.5. The van der Waals surface area contributed by atoms with E-state index in [9.17, 15) is 0 Å². The first-order valence-corrected chi connectivity index (χ1v) is 7.62. The Morgan fingerprint density at radius 1 is 1.00 bits per heavy atom. The average Bonchev–Trinajstić information content (AvgIpc) is 2.52. The highest BCUT2D eigenvalue weighted by Crippen LogP contribution is 2.25. The van der Waals surface area contributed by atoms with E-state index < -0.39 is 0 Å². The van der Waals surface area contributed by atoms with Gasteiger partial charge in [-0.1, -0.05) is 35.3 Å². The molecule has 0 radical (unpaired) electrons. The minimum absolute atomic E-state index is 0.372. The van der Waals surface area contributed by atoms with Gasteiger partial charge in [-0.3, -0.25) is 0 Å². The van der Waals surface area contributed by atoms with E-state index in [4.69, 9.17) is 23.2 Å². The smallest absolute Gasteiger partial charge is 0.249 e. The molecular formula is C16H13Cl2N5. The fourth-order valence-corrected chi connectivity index (χ4v) is 2.36. The third-order valence-corrected chi connectivity index (χ3v) is 3.81. The van der Waals surface area contributed by atoms with Crippen molar-refractivity contribution in [3.8, 4) is 0 Å². The Hall–Kier alpha value is -2.37. The van der Waals surface area contributed by atoms with E-state index in [2.05, 4.69) is 25.8 Å². The Labute approximate surface area is 143 Å². The summed E-state index contributed by atoms with van der Waals surface area (Å²) in [6, 6.07) is 12.9. The number of nitrogens with zero attached hydrogens (tertiary/aromatic N) is 3. The number of nitrogens with one attached hydrogen (secondary N) is 2. The molecule has 116 valence electrons. The first-order valence-electron chi connectivity index (χ1n) is 6.86. The summed E-state index contributed by atoms with van der Waals surface area (Å²) < 4.78 is 0. The van der Waals surface area contributed by atoms with Gasteiger partial charge in [-0.25, -0.2) is 0 Å². The average molecular weight is 346 g/mol. The van der Waals surface area contributed by atoms with E-state index in [1.54, 1.807) is 18.3 Å². The quantitative estimate of drug-likeness (QED) is 0.698. The molecule has 2 N–H and O–H groups in total. The Kier molecular flexibility index (Phi) is 4.60. The number of benzene rings is 2. The molecule has 1 aromatic heterocycles. The fourth-order valence-electron chi connectivity index (χ4n) is 1.99. The lowest BCUT2D eigenvalue weighted by Crippen LogP contribution is -2.03. The molecule has 1 heterocycles. The van der Waals surface area contributed by atoms with Gasteiger partial charge in [-0.15, -0.1) is 5.10 Å². The predicted octanol–water partition coefficient (Wildman–Crippen LogP) is 4.97. The maximum Gasteiger partial charge on any atom is 0.249 e. The number of hydrogen-bond donors (Lipinski definition) is 2. The van der Waals surface area contributed by atoms with Gasteiger partial charge in [0.25, 0.3) is 0 Å². The number of rotatable bonds is 4. The molecule has 7 heteroatoms. The highest BCUT2D eigenvalue weighted by molar-refractivity contribution is 6.31. The van der Waals surface area contributed by atoms with Crippen molar-refractivity contribution < 1.29 is 0 Å². The molecule has 0 aliphatic rings. The maximum atomic E-state index is 6.12. The molecule has 0 bridgehead atoms. The van der Waals surface area contributed by atoms with Crippen LogP contribution in [0.15, 0.2) is 48.7 Å². The zero-order valence-electron chi connectivity index (χ0n) is 12.2. The molecule has 5 nitrogen and oxygen atoms in total. The topological polar surface area (TPSA) is 62.7 Å². The van der Waals surface area contributed by atoms with Gasteiger partial charge in [-0.2, -0.15) is 10.1 Å². The van der Waals surface area contributed by atoms with Crippen LogP contribution in [0.1, 0.15) is 5.56 Å². The highest BCUT2D eigenvalue weighted by atomic mass is 35.5. The van der Waals surface area contributed by atoms with Crippen LogP contribution < -0.4 is 10.6 Å². The first kappa shape index (κ1) is 15.5. The summed E-state index contributed by atoms with van der Waals surface area (Å²) in [4.78, 5) is 4.38. The fraction of sp³-hybridized carbons (Fsp3) is 0.0625. The first-order chi connectivity index (χ1) is 11.1. The van der Waals surface area contributed by atoms with Crippen molar-refractivity contribution in [3.63, 3.8) is 0 Å². The van der Waals surface area contributed by atoms with Crippen LogP contribution >= 0.6 is 23.2 Å². The predicted molar refractivity (Wildman–Crippen MR) is 94.0 cm³/mol. The molecular weight excluding hydrogens is 333 g/mol. The van der Waals surface area contributed by atoms with Crippen LogP contribution in [-0.2, 0) is 0 Å². The van der Waals surface area contributed by atoms with Crippen LogP contribution in [0.3, 0.4) is 0 Å². The third-order valence-electron chi connectivity index (χ3n) is 3.17. The summed E-state index contributed by atoms with van der Waals surface area (Å²) in [5.74, 6) is 0.937. The molecule has 0 amide bonds. The molecule has 0 aliphatic carbocycles. The summed E-state index contributed by atoms with van der Waals surface area (Å²) in [5.41, 5.74) is 2.60. The van der Waals surface area contributed by atoms with Crippen molar-refractivity contribution in [3.05, 3.63) is 64.3 Å². The molecule has 0 saturated carbocycles. The summed E-state index contributed by atoms with van der Waals surface area (Å²) in [6.07, 6.45) is 1.55. The minimum Gasteiger partial charge on any atom is -0.339 e. The normalized spacial score (nSPS) is 10.4. The van der Waals surface area contributed by atoms with Crippen LogP contribution in [0, 0.1) is 6.92 Å². The molecule has 0 fully saturated rings. The van der Waals surface area contributed by atoms with Gasteiger partial charge in [0.05, 0.1) is 6.20 Å². The van der Waals surface area contributed by atoms with Gasteiger partial charge in [0, 0.05) is 21.4 Å². The van der Waals surface area contributed by atoms with Crippen molar-refractivity contribution in [2.45, 2.75) is 6.92 Å². The van der Waals surface area contributed by atoms with Crippen molar-refractivity contribution in [1.29, 1.82) is 0 Å². The number of hydrogen-bond acceptors (Lipinski definition) is 5. The molecule has 0 unspecified atom stereocenters. The molecule has 3 aromatic rings. The number of aromatic nitrogens is 3. The molecule has 0 spiro atoms. The van der Waals surface area contributed by atoms with E-state index in [0.717, 1.165) is 16.9 Å². The van der Waals surface area contributed by atoms with Crippen LogP contribution in [0.4, 0.5) is 23.1 Å². The largest absolute Gasteiger partial charge is 0.339 e. The zero-order valence-corrected chi connectivity index (χ0v) is 13.7. The van der Waals surface area contributed by atoms with E-state index in [1.165, 1.54) is 0 Å². The highest BCUT2D eigenvalue weighted by Gasteiger charge is 2.05. The van der Waals surface area contributed by atoms with Crippen LogP contribution in [0.2, 0.25) is 10.0 Å². The lowest BCUT2D eigenvalue weighted by Gasteiger charge is -2.10. The van der Waals surface area contributed by atoms with Gasteiger partial charge in [0.15, 0.2) is 5.82 Å². The van der Waals surface area contributed by atoms with Gasteiger partial charge < -0.3 is 10.6 Å². The molecule has 23 heavy (non-hydrogen) atoms. The second-order valence-electron chi connectivity index (χ2n) is 4.84. The van der Waals surface area contributed by atoms with Gasteiger partial charge in [0.1, 0.15) is 0 Å². The molecule has 0 atom stereocenters. The minimum atomic E-state index is 0.372. The standard InChI is InChI=1S/C16H13Cl2N5/c1-10-13(18)6-3-7-14(10)21-15-9-19-23-16(22-15)20-12-5-2-4-11(17)8-12/h2-9H,1H3,(H2,20,21,22,23). The molecule has 0 aliphatic heterocycles. The maximum absolute atomic E-state index is 6.12. The Morgan fingerprint density at radius 2 is 1.83 bits per heavy atom. The Balaban J connectivity index is 1.81. The van der Waals surface area contributed by atoms with Gasteiger partial charge in [-0.05, 0) is 42.8 Å². The van der Waals surface area contributed by atoms with Crippen LogP contribution in [0.5, 0.6) is 0 Å². The van der Waals surface area contributed by atoms with E-state index >= 15 is 0 Å². The van der Waals surface area contributed by atoms with Crippen molar-refractivity contribution >= 4 is 46.3 Å².